The van der Waals surface area contributed by atoms with E-state index in [1.165, 1.54) is 0 Å². The predicted octanol–water partition coefficient (Wildman–Crippen LogP) is 5.69. The molecule has 1 N–H and O–H groups in total. The molecule has 5 heteroatoms. The highest BCUT2D eigenvalue weighted by atomic mass is 35.5. The fourth-order valence-electron chi connectivity index (χ4n) is 1.90. The summed E-state index contributed by atoms with van der Waals surface area (Å²) in [6.45, 7) is 9.79. The molecular weight excluding hydrogens is 299 g/mol. The van der Waals surface area contributed by atoms with Crippen LogP contribution in [0.4, 0.5) is 0 Å². The minimum Gasteiger partial charge on any atom is -0.331 e. The number of fused-ring (bicyclic) bond motifs is 1. The van der Waals surface area contributed by atoms with Crippen molar-refractivity contribution in [3.8, 4) is 0 Å². The Morgan fingerprint density at radius 2 is 1.84 bits per heavy atom. The van der Waals surface area contributed by atoms with Crippen molar-refractivity contribution in [2.24, 2.45) is 11.3 Å². The maximum atomic E-state index is 6.11. The van der Waals surface area contributed by atoms with Gasteiger partial charge in [0.2, 0.25) is 0 Å². The van der Waals surface area contributed by atoms with E-state index in [4.69, 9.17) is 35.4 Å². The monoisotopic (exact) mass is 316 g/mol. The summed E-state index contributed by atoms with van der Waals surface area (Å²) in [4.78, 5) is 3.19. The summed E-state index contributed by atoms with van der Waals surface area (Å²) in [5.74, 6) is 0.558. The minimum atomic E-state index is 0.152. The van der Waals surface area contributed by atoms with Gasteiger partial charge in [-0.3, -0.25) is 0 Å². The molecule has 19 heavy (non-hydrogen) atoms. The molecular formula is C14H18Cl2N2S. The summed E-state index contributed by atoms with van der Waals surface area (Å²) >= 11 is 17.6. The molecule has 0 aliphatic heterocycles. The Kier molecular flexibility index (Phi) is 4.01. The number of H-pyrrole nitrogens is 1. The third-order valence-electron chi connectivity index (χ3n) is 3.94. The molecule has 0 unspecified atom stereocenters. The summed E-state index contributed by atoms with van der Waals surface area (Å²) in [5.41, 5.74) is 2.09. The predicted molar refractivity (Wildman–Crippen MR) is 85.8 cm³/mol. The van der Waals surface area contributed by atoms with Gasteiger partial charge < -0.3 is 9.55 Å². The van der Waals surface area contributed by atoms with Gasteiger partial charge in [-0.1, -0.05) is 50.9 Å². The van der Waals surface area contributed by atoms with Crippen LogP contribution in [0.2, 0.25) is 10.0 Å². The van der Waals surface area contributed by atoms with Crippen LogP contribution in [0.5, 0.6) is 0 Å². The van der Waals surface area contributed by atoms with Crippen LogP contribution in [0.1, 0.15) is 27.7 Å². The normalized spacial score (nSPS) is 12.6. The van der Waals surface area contributed by atoms with Crippen LogP contribution in [-0.2, 0) is 6.54 Å². The number of nitrogens with one attached hydrogen (secondary N) is 1. The second kappa shape index (κ2) is 5.12. The van der Waals surface area contributed by atoms with Crippen LogP contribution in [0.15, 0.2) is 12.1 Å². The number of nitrogens with zero attached hydrogens (tertiary/aromatic N) is 1. The summed E-state index contributed by atoms with van der Waals surface area (Å²) < 4.78 is 2.81. The van der Waals surface area contributed by atoms with E-state index in [0.29, 0.717) is 20.7 Å². The van der Waals surface area contributed by atoms with Crippen molar-refractivity contribution < 1.29 is 0 Å². The largest absolute Gasteiger partial charge is 0.331 e. The van der Waals surface area contributed by atoms with E-state index in [9.17, 15) is 0 Å². The first-order valence-electron chi connectivity index (χ1n) is 6.30. The number of benzene rings is 1. The fraction of sp³-hybridized carbons (Fsp3) is 0.500. The van der Waals surface area contributed by atoms with Crippen molar-refractivity contribution in [1.29, 1.82) is 0 Å². The molecule has 2 nitrogen and oxygen atoms in total. The number of rotatable bonds is 3. The maximum absolute atomic E-state index is 6.11. The van der Waals surface area contributed by atoms with Crippen molar-refractivity contribution >= 4 is 46.5 Å². The molecule has 0 bridgehead atoms. The van der Waals surface area contributed by atoms with Crippen LogP contribution in [0.3, 0.4) is 0 Å². The lowest BCUT2D eigenvalue weighted by Crippen LogP contribution is -2.25. The molecule has 1 aromatic carbocycles. The SMILES string of the molecule is CC(C)C(C)(C)Cn1c(=S)[nH]c2cc(Cl)c(Cl)cc21. The maximum Gasteiger partial charge on any atom is 0.178 e. The Labute approximate surface area is 128 Å². The topological polar surface area (TPSA) is 20.7 Å². The molecule has 0 atom stereocenters. The molecule has 2 rings (SSSR count). The van der Waals surface area contributed by atoms with Crippen molar-refractivity contribution in [3.05, 3.63) is 26.9 Å². The van der Waals surface area contributed by atoms with Gasteiger partial charge in [0.05, 0.1) is 21.1 Å². The highest BCUT2D eigenvalue weighted by Gasteiger charge is 2.24. The average molecular weight is 317 g/mol. The molecule has 0 saturated heterocycles. The summed E-state index contributed by atoms with van der Waals surface area (Å²) in [7, 11) is 0. The number of hydrogen-bond donors (Lipinski definition) is 1. The van der Waals surface area contributed by atoms with Gasteiger partial charge in [0.1, 0.15) is 0 Å². The van der Waals surface area contributed by atoms with E-state index < -0.39 is 0 Å². The van der Waals surface area contributed by atoms with E-state index >= 15 is 0 Å². The number of hydrogen-bond acceptors (Lipinski definition) is 1. The molecule has 0 spiro atoms. The van der Waals surface area contributed by atoms with Crippen molar-refractivity contribution in [3.63, 3.8) is 0 Å². The van der Waals surface area contributed by atoms with Gasteiger partial charge in [-0.15, -0.1) is 0 Å². The molecule has 0 amide bonds. The molecule has 1 aromatic heterocycles. The first-order chi connectivity index (χ1) is 8.72. The van der Waals surface area contributed by atoms with E-state index in [0.717, 1.165) is 17.6 Å². The Bertz CT molecular complexity index is 668. The standard InChI is InChI=1S/C14H18Cl2N2S/c1-8(2)14(3,4)7-18-12-6-10(16)9(15)5-11(12)17-13(18)19/h5-6,8H,7H2,1-4H3,(H,17,19). The Hall–Kier alpha value is -0.510. The molecule has 0 fully saturated rings. The van der Waals surface area contributed by atoms with E-state index in [1.54, 1.807) is 0 Å². The zero-order valence-electron chi connectivity index (χ0n) is 11.6. The summed E-state index contributed by atoms with van der Waals surface area (Å²) in [6.07, 6.45) is 0. The van der Waals surface area contributed by atoms with E-state index in [2.05, 4.69) is 37.2 Å². The molecule has 0 aliphatic carbocycles. The highest BCUT2D eigenvalue weighted by molar-refractivity contribution is 7.71. The fourth-order valence-corrected chi connectivity index (χ4v) is 2.49. The smallest absolute Gasteiger partial charge is 0.178 e. The number of halogens is 2. The zero-order chi connectivity index (χ0) is 14.4. The second-order valence-electron chi connectivity index (χ2n) is 5.94. The Morgan fingerprint density at radius 3 is 2.42 bits per heavy atom. The van der Waals surface area contributed by atoms with Crippen molar-refractivity contribution in [2.75, 3.05) is 0 Å². The number of imidazole rings is 1. The van der Waals surface area contributed by atoms with Gasteiger partial charge in [-0.05, 0) is 35.7 Å². The lowest BCUT2D eigenvalue weighted by Gasteiger charge is -2.29. The van der Waals surface area contributed by atoms with Gasteiger partial charge in [-0.25, -0.2) is 0 Å². The van der Waals surface area contributed by atoms with Gasteiger partial charge in [0.25, 0.3) is 0 Å². The minimum absolute atomic E-state index is 0.152. The Balaban J connectivity index is 2.58. The highest BCUT2D eigenvalue weighted by Crippen LogP contribution is 2.32. The van der Waals surface area contributed by atoms with Crippen LogP contribution in [0.25, 0.3) is 11.0 Å². The lowest BCUT2D eigenvalue weighted by atomic mass is 9.81. The van der Waals surface area contributed by atoms with Crippen LogP contribution >= 0.6 is 35.4 Å². The number of aromatic amines is 1. The molecule has 0 saturated carbocycles. The van der Waals surface area contributed by atoms with Crippen LogP contribution in [0, 0.1) is 16.1 Å². The third-order valence-corrected chi connectivity index (χ3v) is 4.99. The van der Waals surface area contributed by atoms with Crippen molar-refractivity contribution in [1.82, 2.24) is 9.55 Å². The first-order valence-corrected chi connectivity index (χ1v) is 7.46. The molecule has 0 radical (unpaired) electrons. The molecule has 0 aliphatic rings. The number of aromatic nitrogens is 2. The summed E-state index contributed by atoms with van der Waals surface area (Å²) in [6, 6.07) is 3.70. The average Bonchev–Trinajstić information content (AvgIpc) is 2.56. The van der Waals surface area contributed by atoms with E-state index in [-0.39, 0.29) is 5.41 Å². The third kappa shape index (κ3) is 2.83. The quantitative estimate of drug-likeness (QED) is 0.721. The van der Waals surface area contributed by atoms with Gasteiger partial charge in [-0.2, -0.15) is 0 Å². The first kappa shape index (κ1) is 14.9. The van der Waals surface area contributed by atoms with Gasteiger partial charge in [0, 0.05) is 6.54 Å². The molecule has 2 aromatic rings. The van der Waals surface area contributed by atoms with Crippen LogP contribution < -0.4 is 0 Å². The lowest BCUT2D eigenvalue weighted by molar-refractivity contribution is 0.212. The zero-order valence-corrected chi connectivity index (χ0v) is 13.9. The van der Waals surface area contributed by atoms with E-state index in [1.807, 2.05) is 12.1 Å². The van der Waals surface area contributed by atoms with Gasteiger partial charge >= 0.3 is 0 Å². The second-order valence-corrected chi connectivity index (χ2v) is 7.14. The molecule has 1 heterocycles. The summed E-state index contributed by atoms with van der Waals surface area (Å²) in [5, 5.41) is 1.10. The van der Waals surface area contributed by atoms with Crippen molar-refractivity contribution in [2.45, 2.75) is 34.2 Å². The van der Waals surface area contributed by atoms with Gasteiger partial charge in [0.15, 0.2) is 4.77 Å². The Morgan fingerprint density at radius 1 is 1.26 bits per heavy atom. The molecule has 104 valence electrons. The van der Waals surface area contributed by atoms with Crippen LogP contribution in [-0.4, -0.2) is 9.55 Å².